The van der Waals surface area contributed by atoms with Crippen LogP contribution in [-0.4, -0.2) is 143 Å². The zero-order valence-corrected chi connectivity index (χ0v) is 41.8. The van der Waals surface area contributed by atoms with Crippen LogP contribution in [-0.2, 0) is 4.79 Å². The number of halogens is 2. The maximum atomic E-state index is 17.1. The van der Waals surface area contributed by atoms with Gasteiger partial charge in [0.2, 0.25) is 5.91 Å². The van der Waals surface area contributed by atoms with Crippen LogP contribution in [0, 0.1) is 48.2 Å². The number of hydrogen-bond acceptors (Lipinski definition) is 12. The van der Waals surface area contributed by atoms with E-state index in [9.17, 15) is 19.5 Å². The monoisotopic (exact) mass is 995 g/mol. The van der Waals surface area contributed by atoms with Crippen molar-refractivity contribution in [3.63, 3.8) is 0 Å². The van der Waals surface area contributed by atoms with E-state index < -0.39 is 17.7 Å². The highest BCUT2D eigenvalue weighted by Gasteiger charge is 2.40. The highest BCUT2D eigenvalue weighted by Crippen LogP contribution is 2.47. The van der Waals surface area contributed by atoms with Crippen molar-refractivity contribution in [1.29, 1.82) is 0 Å². The second kappa shape index (κ2) is 20.1. The Balaban J connectivity index is 0.683. The second-order valence-electron chi connectivity index (χ2n) is 21.7. The van der Waals surface area contributed by atoms with Crippen molar-refractivity contribution in [3.8, 4) is 35.4 Å². The van der Waals surface area contributed by atoms with Crippen molar-refractivity contribution in [2.75, 3.05) is 88.4 Å². The highest BCUT2D eigenvalue weighted by atomic mass is 19.1. The van der Waals surface area contributed by atoms with Crippen LogP contribution in [0.2, 0.25) is 0 Å². The van der Waals surface area contributed by atoms with E-state index in [-0.39, 0.29) is 69.1 Å². The number of phenols is 1. The summed E-state index contributed by atoms with van der Waals surface area (Å²) in [5.74, 6) is 1.99. The Hall–Kier alpha value is -6.48. The molecule has 6 aliphatic rings. The number of benzene rings is 3. The van der Waals surface area contributed by atoms with E-state index in [4.69, 9.17) is 16.1 Å². The average molecular weight is 995 g/mol. The number of amides is 4. The minimum atomic E-state index is -0.737. The van der Waals surface area contributed by atoms with Crippen LogP contribution in [0.3, 0.4) is 0 Å². The van der Waals surface area contributed by atoms with Gasteiger partial charge in [-0.05, 0) is 111 Å². The molecule has 3 aromatic carbocycles. The minimum absolute atomic E-state index is 0.00311. The van der Waals surface area contributed by atoms with Crippen molar-refractivity contribution in [1.82, 2.24) is 40.3 Å². The number of aromatic hydroxyl groups is 1. The number of nitrogens with zero attached hydrogens (tertiary/aromatic N) is 8. The molecule has 3 atom stereocenters. The first-order chi connectivity index (χ1) is 35.3. The lowest BCUT2D eigenvalue weighted by atomic mass is 9.65. The van der Waals surface area contributed by atoms with E-state index in [1.165, 1.54) is 49.9 Å². The molecule has 3 N–H and O–H groups in total. The summed E-state index contributed by atoms with van der Waals surface area (Å²) in [5, 5.41) is 17.9. The van der Waals surface area contributed by atoms with Gasteiger partial charge in [0.1, 0.15) is 28.6 Å². The number of anilines is 2. The fourth-order valence-corrected chi connectivity index (χ4v) is 12.6. The van der Waals surface area contributed by atoms with Crippen molar-refractivity contribution in [2.24, 2.45) is 17.3 Å². The number of hydrogen-bond donors (Lipinski definition) is 3. The summed E-state index contributed by atoms with van der Waals surface area (Å²) in [5.41, 5.74) is 2.46. The van der Waals surface area contributed by atoms with Gasteiger partial charge in [-0.25, -0.2) is 13.6 Å². The summed E-state index contributed by atoms with van der Waals surface area (Å²) >= 11 is 0. The Morgan fingerprint density at radius 3 is 2.40 bits per heavy atom. The predicted molar refractivity (Wildman–Crippen MR) is 276 cm³/mol. The fourth-order valence-electron chi connectivity index (χ4n) is 12.6. The van der Waals surface area contributed by atoms with Crippen LogP contribution in [0.5, 0.6) is 11.8 Å². The van der Waals surface area contributed by atoms with E-state index in [0.717, 1.165) is 83.6 Å². The molecule has 0 radical (unpaired) electrons. The Labute approximate surface area is 424 Å². The topological polar surface area (TPSA) is 160 Å². The fraction of sp³-hybridized carbons (Fsp3) is 0.500. The molecule has 1 aliphatic carbocycles. The molecule has 1 spiro atoms. The number of carbonyl (C=O) groups excluding carboxylic acids is 3. The third kappa shape index (κ3) is 9.89. The van der Waals surface area contributed by atoms with Crippen LogP contribution >= 0.6 is 0 Å². The van der Waals surface area contributed by atoms with Gasteiger partial charge in [-0.3, -0.25) is 24.8 Å². The van der Waals surface area contributed by atoms with Gasteiger partial charge in [0.25, 0.3) is 5.91 Å². The first-order valence-corrected chi connectivity index (χ1v) is 26.2. The van der Waals surface area contributed by atoms with E-state index in [0.29, 0.717) is 72.1 Å². The number of likely N-dealkylation sites (tertiary alicyclic amines) is 1. The van der Waals surface area contributed by atoms with E-state index in [1.54, 1.807) is 17.2 Å². The number of fused-ring (bicyclic) bond motifs is 4. The Bertz CT molecular complexity index is 3000. The summed E-state index contributed by atoms with van der Waals surface area (Å²) < 4.78 is 38.5. The zero-order chi connectivity index (χ0) is 50.5. The number of piperidine rings is 1. The molecule has 6 fully saturated rings. The molecule has 15 nitrogen and oxygen atoms in total. The number of phenolic OH excluding ortho intramolecular Hbond substituents is 1. The highest BCUT2D eigenvalue weighted by molar-refractivity contribution is 6.07. The number of ether oxygens (including phenoxy) is 1. The molecule has 4 amide bonds. The summed E-state index contributed by atoms with van der Waals surface area (Å²) in [6.45, 7) is 13.5. The third-order valence-electron chi connectivity index (χ3n) is 16.7. The minimum Gasteiger partial charge on any atom is -0.508 e. The molecule has 2 unspecified atom stereocenters. The summed E-state index contributed by atoms with van der Waals surface area (Å²) in [7, 11) is 0. The van der Waals surface area contributed by atoms with Gasteiger partial charge < -0.3 is 34.8 Å². The predicted octanol–water partition coefficient (Wildman–Crippen LogP) is 7.25. The van der Waals surface area contributed by atoms with Crippen molar-refractivity contribution in [3.05, 3.63) is 77.0 Å². The molecule has 5 aromatic rings. The van der Waals surface area contributed by atoms with Crippen LogP contribution < -0.4 is 25.2 Å². The number of terminal acetylenes is 1. The number of aromatic nitrogens is 3. The lowest BCUT2D eigenvalue weighted by Gasteiger charge is -2.47. The second-order valence-corrected chi connectivity index (χ2v) is 21.7. The molecule has 17 heteroatoms. The number of rotatable bonds is 11. The van der Waals surface area contributed by atoms with Gasteiger partial charge in [-0.1, -0.05) is 25.0 Å². The lowest BCUT2D eigenvalue weighted by molar-refractivity contribution is -0.120. The molecule has 5 saturated heterocycles. The Kier molecular flexibility index (Phi) is 13.4. The first kappa shape index (κ1) is 48.8. The Morgan fingerprint density at radius 2 is 1.67 bits per heavy atom. The molecular weight excluding hydrogens is 931 g/mol. The summed E-state index contributed by atoms with van der Waals surface area (Å²) in [6.07, 6.45) is 16.5. The molecular formula is C56H64F2N10O5. The van der Waals surface area contributed by atoms with Crippen molar-refractivity contribution >= 4 is 51.0 Å². The van der Waals surface area contributed by atoms with Crippen LogP contribution in [0.15, 0.2) is 48.7 Å². The SMILES string of the molecule is C#Cc1c(F)ccc2cc(O)cc(-c3ncc4c(N5CC6CCC(C5)N6)nc(OC[C@H](C)CN5CCN(CC6CCC7(CC6)CCN(C(=O)c6ccc(C)c(N8CCC(=O)NC8=O)c6)CC7)CC5)nc4c3F)c12. The number of nitrogens with one attached hydrogen (secondary N) is 2. The first-order valence-electron chi connectivity index (χ1n) is 26.2. The van der Waals surface area contributed by atoms with E-state index >= 15 is 8.78 Å². The van der Waals surface area contributed by atoms with Crippen molar-refractivity contribution in [2.45, 2.75) is 83.7 Å². The molecule has 7 heterocycles. The molecule has 5 aliphatic heterocycles. The Morgan fingerprint density at radius 1 is 0.932 bits per heavy atom. The maximum Gasteiger partial charge on any atom is 0.328 e. The normalized spacial score (nSPS) is 22.3. The van der Waals surface area contributed by atoms with Gasteiger partial charge in [0.05, 0.1) is 17.6 Å². The van der Waals surface area contributed by atoms with E-state index in [1.807, 2.05) is 24.0 Å². The summed E-state index contributed by atoms with van der Waals surface area (Å²) in [4.78, 5) is 63.0. The molecule has 11 rings (SSSR count). The summed E-state index contributed by atoms with van der Waals surface area (Å²) in [6, 6.07) is 11.3. The van der Waals surface area contributed by atoms with Crippen LogP contribution in [0.25, 0.3) is 32.9 Å². The zero-order valence-electron chi connectivity index (χ0n) is 41.8. The van der Waals surface area contributed by atoms with Gasteiger partial charge in [0, 0.05) is 125 Å². The van der Waals surface area contributed by atoms with E-state index in [2.05, 4.69) is 48.1 Å². The van der Waals surface area contributed by atoms with Crippen LogP contribution in [0.4, 0.5) is 25.1 Å². The maximum absolute atomic E-state index is 17.1. The van der Waals surface area contributed by atoms with Crippen molar-refractivity contribution < 1.29 is 33.0 Å². The van der Waals surface area contributed by atoms with Gasteiger partial charge in [-0.2, -0.15) is 9.97 Å². The molecule has 2 bridgehead atoms. The smallest absolute Gasteiger partial charge is 0.328 e. The number of piperazine rings is 2. The van der Waals surface area contributed by atoms with Crippen LogP contribution in [0.1, 0.15) is 86.2 Å². The number of aryl methyl sites for hydroxylation is 1. The largest absolute Gasteiger partial charge is 0.508 e. The quantitative estimate of drug-likeness (QED) is 0.114. The third-order valence-corrected chi connectivity index (χ3v) is 16.7. The molecule has 382 valence electrons. The molecule has 2 aromatic heterocycles. The molecule has 73 heavy (non-hydrogen) atoms. The number of urea groups is 1. The average Bonchev–Trinajstić information content (AvgIpc) is 3.73. The lowest BCUT2D eigenvalue weighted by Crippen LogP contribution is -2.51. The van der Waals surface area contributed by atoms with Gasteiger partial charge in [-0.15, -0.1) is 6.42 Å². The number of imide groups is 1. The number of pyridine rings is 1. The van der Waals surface area contributed by atoms with Gasteiger partial charge >= 0.3 is 12.0 Å². The number of carbonyl (C=O) groups is 3. The van der Waals surface area contributed by atoms with Gasteiger partial charge in [0.15, 0.2) is 5.82 Å². The molecule has 1 saturated carbocycles. The standard InChI is InChI=1S/C56H64F2N10O5/c1-4-42-45(57)10-7-37-25-41(69)27-43(48(37)42)50-49(58)51-44(28-59-50)52(67-31-39-8-9-40(32-67)60-39)63-54(62-51)73-33-34(2)29-64-21-23-65(24-22-64)30-36-11-14-56(15-12-36)16-19-66(20-17-56)53(71)38-6-5-35(3)46(26-38)68-18-13-47(70)61-55(68)72/h1,5-7,10,25-28,34,36,39-40,60,69H,8-9,11-24,29-33H2,2-3H3,(H,61,70,72)/t34-,39?,40?/m1/s1.